The van der Waals surface area contributed by atoms with E-state index in [0.29, 0.717) is 61.0 Å². The van der Waals surface area contributed by atoms with Gasteiger partial charge in [-0.25, -0.2) is 9.97 Å². The number of carbonyl (C=O) groups is 2. The first-order valence-electron chi connectivity index (χ1n) is 17.9. The molecule has 0 radical (unpaired) electrons. The lowest BCUT2D eigenvalue weighted by Gasteiger charge is -2.38. The Morgan fingerprint density at radius 2 is 1.88 bits per heavy atom. The van der Waals surface area contributed by atoms with Crippen molar-refractivity contribution in [2.24, 2.45) is 0 Å². The molecule has 5 heterocycles. The molecule has 0 saturated carbocycles. The molecule has 2 amide bonds. The van der Waals surface area contributed by atoms with Gasteiger partial charge in [0.1, 0.15) is 19.5 Å². The van der Waals surface area contributed by atoms with Crippen molar-refractivity contribution in [2.75, 3.05) is 31.6 Å². The van der Waals surface area contributed by atoms with Gasteiger partial charge in [0.2, 0.25) is 11.7 Å². The molecule has 2 aromatic carbocycles. The molecular formula is C39H34ClF3N8O5. The Bertz CT molecular complexity index is 2490. The lowest BCUT2D eigenvalue weighted by molar-refractivity contribution is -0.137. The van der Waals surface area contributed by atoms with E-state index in [1.54, 1.807) is 22.5 Å². The van der Waals surface area contributed by atoms with Gasteiger partial charge >= 0.3 is 6.18 Å². The van der Waals surface area contributed by atoms with Crippen LogP contribution in [-0.4, -0.2) is 72.2 Å². The number of piperidine rings is 1. The van der Waals surface area contributed by atoms with Crippen LogP contribution in [0.2, 0.25) is 5.02 Å². The zero-order chi connectivity index (χ0) is 39.2. The van der Waals surface area contributed by atoms with Gasteiger partial charge in [-0.2, -0.15) is 22.7 Å². The first-order valence-corrected chi connectivity index (χ1v) is 18.2. The molecule has 288 valence electrons. The second-order valence-electron chi connectivity index (χ2n) is 13.8. The minimum absolute atomic E-state index is 0.00977. The van der Waals surface area contributed by atoms with E-state index >= 15 is 0 Å². The number of carbonyl (C=O) groups excluding carboxylic acids is 2. The van der Waals surface area contributed by atoms with E-state index in [2.05, 4.69) is 20.4 Å². The van der Waals surface area contributed by atoms with E-state index in [0.717, 1.165) is 29.3 Å². The summed E-state index contributed by atoms with van der Waals surface area (Å²) >= 11 is 6.15. The van der Waals surface area contributed by atoms with Crippen LogP contribution in [0.25, 0.3) is 17.4 Å². The Hall–Kier alpha value is -5.87. The third-order valence-corrected chi connectivity index (χ3v) is 10.6. The van der Waals surface area contributed by atoms with Gasteiger partial charge in [-0.3, -0.25) is 14.4 Å². The topological polar surface area (TPSA) is 146 Å². The Morgan fingerprint density at radius 1 is 1.09 bits per heavy atom. The largest absolute Gasteiger partial charge is 0.485 e. The van der Waals surface area contributed by atoms with Crippen LogP contribution in [0.5, 0.6) is 5.75 Å². The number of ether oxygens (including phenoxy) is 2. The summed E-state index contributed by atoms with van der Waals surface area (Å²) < 4.78 is 54.1. The van der Waals surface area contributed by atoms with Gasteiger partial charge in [0.25, 0.3) is 11.5 Å². The highest BCUT2D eigenvalue weighted by Gasteiger charge is 2.44. The summed E-state index contributed by atoms with van der Waals surface area (Å²) in [7, 11) is 0. The van der Waals surface area contributed by atoms with E-state index in [-0.39, 0.29) is 54.3 Å². The predicted octanol–water partition coefficient (Wildman–Crippen LogP) is 5.88. The molecule has 1 fully saturated rings. The molecule has 0 bridgehead atoms. The molecule has 0 atom stereocenters. The summed E-state index contributed by atoms with van der Waals surface area (Å²) in [5.74, 6) is -0.211. The standard InChI is InChI=1S/C39H34ClF3N8O5/c1-23-33(56-21-24-5-3-2-4-6-24)32(45-22-44-23)36(54)49-15-13-38(14-16-49)12-9-29-31(38)35(53)51-37(47-34(48-51)25-10-17-55-18-11-25)50(29)20-30(52)46-28-8-7-26(19-27(28)40)39(41,42)43/h2-10,12,19,22H,11,13-18,20-21H2,1H3,(H,46,52). The van der Waals surface area contributed by atoms with Gasteiger partial charge in [0.05, 0.1) is 46.4 Å². The number of allylic oxidation sites excluding steroid dienone is 1. The third kappa shape index (κ3) is 6.94. The van der Waals surface area contributed by atoms with Crippen LogP contribution in [-0.2, 0) is 34.3 Å². The predicted molar refractivity (Wildman–Crippen MR) is 199 cm³/mol. The summed E-state index contributed by atoms with van der Waals surface area (Å²) in [4.78, 5) is 56.9. The number of amides is 2. The van der Waals surface area contributed by atoms with Crippen molar-refractivity contribution in [3.8, 4) is 5.75 Å². The number of benzene rings is 2. The molecule has 13 nitrogen and oxygen atoms in total. The molecule has 2 aliphatic heterocycles. The Balaban J connectivity index is 1.09. The minimum atomic E-state index is -4.61. The molecular weight excluding hydrogens is 753 g/mol. The fraction of sp³-hybridized carbons (Fsp3) is 0.308. The number of anilines is 1. The maximum Gasteiger partial charge on any atom is 0.416 e. The number of hydrogen-bond acceptors (Lipinski definition) is 9. The monoisotopic (exact) mass is 786 g/mol. The number of rotatable bonds is 8. The van der Waals surface area contributed by atoms with Crippen LogP contribution in [0.4, 0.5) is 18.9 Å². The molecule has 3 aliphatic rings. The average molecular weight is 787 g/mol. The van der Waals surface area contributed by atoms with Crippen molar-refractivity contribution in [3.05, 3.63) is 122 Å². The molecule has 1 aliphatic carbocycles. The van der Waals surface area contributed by atoms with Gasteiger partial charge in [0, 0.05) is 18.5 Å². The van der Waals surface area contributed by atoms with Crippen molar-refractivity contribution in [2.45, 2.75) is 50.9 Å². The highest BCUT2D eigenvalue weighted by molar-refractivity contribution is 6.33. The summed E-state index contributed by atoms with van der Waals surface area (Å²) in [6.45, 7) is 2.99. The van der Waals surface area contributed by atoms with E-state index in [1.165, 1.54) is 10.8 Å². The number of aromatic nitrogens is 6. The van der Waals surface area contributed by atoms with Crippen molar-refractivity contribution >= 4 is 46.5 Å². The van der Waals surface area contributed by atoms with E-state index in [1.807, 2.05) is 42.5 Å². The van der Waals surface area contributed by atoms with Gasteiger partial charge in [-0.05, 0) is 61.6 Å². The van der Waals surface area contributed by atoms with Gasteiger partial charge in [-0.15, -0.1) is 5.10 Å². The Labute approximate surface area is 322 Å². The first-order chi connectivity index (χ1) is 26.9. The number of nitrogens with zero attached hydrogens (tertiary/aromatic N) is 7. The van der Waals surface area contributed by atoms with Crippen LogP contribution >= 0.6 is 11.6 Å². The van der Waals surface area contributed by atoms with Gasteiger partial charge < -0.3 is 24.3 Å². The van der Waals surface area contributed by atoms with Gasteiger partial charge in [0.15, 0.2) is 17.3 Å². The van der Waals surface area contributed by atoms with Crippen LogP contribution < -0.4 is 15.6 Å². The number of hydrogen-bond donors (Lipinski definition) is 1. The zero-order valence-corrected chi connectivity index (χ0v) is 30.7. The summed E-state index contributed by atoms with van der Waals surface area (Å²) in [6, 6.07) is 12.2. The first kappa shape index (κ1) is 37.1. The van der Waals surface area contributed by atoms with Crippen LogP contribution in [0.15, 0.2) is 71.8 Å². The number of nitrogens with one attached hydrogen (secondary N) is 1. The number of likely N-dealkylation sites (tertiary alicyclic amines) is 1. The van der Waals surface area contributed by atoms with Crippen LogP contribution in [0, 0.1) is 6.92 Å². The molecule has 3 aromatic heterocycles. The average Bonchev–Trinajstić information content (AvgIpc) is 3.81. The molecule has 1 N–H and O–H groups in total. The maximum atomic E-state index is 14.4. The van der Waals surface area contributed by atoms with Crippen molar-refractivity contribution in [1.29, 1.82) is 0 Å². The Morgan fingerprint density at radius 3 is 2.59 bits per heavy atom. The molecule has 8 rings (SSSR count). The third-order valence-electron chi connectivity index (χ3n) is 10.3. The molecule has 0 unspecified atom stereocenters. The summed E-state index contributed by atoms with van der Waals surface area (Å²) in [5.41, 5.74) is 1.06. The normalized spacial score (nSPS) is 16.2. The van der Waals surface area contributed by atoms with Crippen molar-refractivity contribution < 1.29 is 32.2 Å². The number of halogens is 4. The SMILES string of the molecule is Cc1ncnc(C(=O)N2CCC3(C=Cc4c3c(=O)n3nc(C5=CCOCC5)nc3n4CC(=O)Nc3ccc(C(F)(F)F)cc3Cl)CC2)c1OCc1ccccc1. The van der Waals surface area contributed by atoms with E-state index in [9.17, 15) is 27.6 Å². The lowest BCUT2D eigenvalue weighted by Crippen LogP contribution is -2.46. The van der Waals surface area contributed by atoms with Crippen molar-refractivity contribution in [1.82, 2.24) is 34.0 Å². The zero-order valence-electron chi connectivity index (χ0n) is 30.0. The summed E-state index contributed by atoms with van der Waals surface area (Å²) in [5, 5.41) is 6.91. The fourth-order valence-electron chi connectivity index (χ4n) is 7.38. The van der Waals surface area contributed by atoms with Crippen molar-refractivity contribution in [3.63, 3.8) is 0 Å². The quantitative estimate of drug-likeness (QED) is 0.204. The second kappa shape index (κ2) is 14.7. The molecule has 56 heavy (non-hydrogen) atoms. The van der Waals surface area contributed by atoms with Crippen LogP contribution in [0.3, 0.4) is 0 Å². The fourth-order valence-corrected chi connectivity index (χ4v) is 7.60. The van der Waals surface area contributed by atoms with Gasteiger partial charge in [-0.1, -0.05) is 54.1 Å². The molecule has 5 aromatic rings. The Kier molecular flexibility index (Phi) is 9.70. The van der Waals surface area contributed by atoms with E-state index in [4.69, 9.17) is 26.1 Å². The van der Waals surface area contributed by atoms with Crippen LogP contribution in [0.1, 0.15) is 63.7 Å². The molecule has 1 spiro atoms. The smallest absolute Gasteiger partial charge is 0.416 e. The summed E-state index contributed by atoms with van der Waals surface area (Å²) in [6.07, 6.45) is 3.54. The van der Waals surface area contributed by atoms with E-state index < -0.39 is 28.6 Å². The minimum Gasteiger partial charge on any atom is -0.485 e. The molecule has 17 heteroatoms. The molecule has 1 saturated heterocycles. The highest BCUT2D eigenvalue weighted by atomic mass is 35.5. The lowest BCUT2D eigenvalue weighted by atomic mass is 9.75. The second-order valence-corrected chi connectivity index (χ2v) is 14.2. The highest BCUT2D eigenvalue weighted by Crippen LogP contribution is 2.43. The number of fused-ring (bicyclic) bond motifs is 3. The maximum absolute atomic E-state index is 14.4. The number of alkyl halides is 3. The number of aryl methyl sites for hydroxylation is 1.